The first-order chi connectivity index (χ1) is 5.24. The highest BCUT2D eigenvalue weighted by atomic mass is 16.1. The fourth-order valence-electron chi connectivity index (χ4n) is 1.14. The number of allylic oxidation sites excluding steroid dienone is 5. The molecule has 0 saturated heterocycles. The van der Waals surface area contributed by atoms with Crippen molar-refractivity contribution in [3.8, 4) is 0 Å². The number of rotatable bonds is 2. The SMILES string of the molecule is C=CCC1C=CC(=O)C(C)=C1. The number of carbonyl (C=O) groups is 1. The highest BCUT2D eigenvalue weighted by Crippen LogP contribution is 2.16. The first kappa shape index (κ1) is 7.99. The molecule has 0 spiro atoms. The normalized spacial score (nSPS) is 23.2. The Bertz CT molecular complexity index is 233. The molecule has 1 nitrogen and oxygen atoms in total. The Hall–Kier alpha value is -1.11. The van der Waals surface area contributed by atoms with Crippen molar-refractivity contribution in [1.82, 2.24) is 0 Å². The van der Waals surface area contributed by atoms with Gasteiger partial charge in [-0.1, -0.05) is 18.2 Å². The standard InChI is InChI=1S/C10H12O/c1-3-4-9-5-6-10(11)8(2)7-9/h3,5-7,9H,1,4H2,2H3. The van der Waals surface area contributed by atoms with Gasteiger partial charge in [0.25, 0.3) is 0 Å². The van der Waals surface area contributed by atoms with Crippen LogP contribution in [-0.2, 0) is 4.79 Å². The minimum Gasteiger partial charge on any atom is -0.290 e. The Labute approximate surface area is 67.1 Å². The second kappa shape index (κ2) is 3.33. The summed E-state index contributed by atoms with van der Waals surface area (Å²) < 4.78 is 0. The molecule has 0 aromatic carbocycles. The van der Waals surface area contributed by atoms with Crippen molar-refractivity contribution in [3.05, 3.63) is 36.5 Å². The van der Waals surface area contributed by atoms with Crippen LogP contribution >= 0.6 is 0 Å². The molecule has 1 aliphatic carbocycles. The average molecular weight is 148 g/mol. The highest BCUT2D eigenvalue weighted by molar-refractivity contribution is 6.04. The molecular weight excluding hydrogens is 136 g/mol. The molecule has 0 saturated carbocycles. The maximum atomic E-state index is 11.0. The Balaban J connectivity index is 2.68. The van der Waals surface area contributed by atoms with Gasteiger partial charge in [-0.05, 0) is 30.9 Å². The van der Waals surface area contributed by atoms with Crippen LogP contribution in [0, 0.1) is 5.92 Å². The third-order valence-electron chi connectivity index (χ3n) is 1.79. The molecule has 0 aromatic rings. The topological polar surface area (TPSA) is 17.1 Å². The Kier molecular flexibility index (Phi) is 2.42. The van der Waals surface area contributed by atoms with Crippen LogP contribution in [0.1, 0.15) is 13.3 Å². The largest absolute Gasteiger partial charge is 0.290 e. The fraction of sp³-hybridized carbons (Fsp3) is 0.300. The van der Waals surface area contributed by atoms with Crippen molar-refractivity contribution in [3.63, 3.8) is 0 Å². The van der Waals surface area contributed by atoms with Gasteiger partial charge >= 0.3 is 0 Å². The van der Waals surface area contributed by atoms with Crippen LogP contribution < -0.4 is 0 Å². The molecular formula is C10H12O. The maximum Gasteiger partial charge on any atom is 0.180 e. The van der Waals surface area contributed by atoms with Crippen LogP contribution in [0.15, 0.2) is 36.5 Å². The Morgan fingerprint density at radius 3 is 3.00 bits per heavy atom. The van der Waals surface area contributed by atoms with Crippen LogP contribution in [0.2, 0.25) is 0 Å². The summed E-state index contributed by atoms with van der Waals surface area (Å²) in [7, 11) is 0. The second-order valence-electron chi connectivity index (χ2n) is 2.76. The van der Waals surface area contributed by atoms with Crippen molar-refractivity contribution in [1.29, 1.82) is 0 Å². The van der Waals surface area contributed by atoms with E-state index in [4.69, 9.17) is 0 Å². The van der Waals surface area contributed by atoms with Crippen LogP contribution in [0.4, 0.5) is 0 Å². The number of carbonyl (C=O) groups excluding carboxylic acids is 1. The maximum absolute atomic E-state index is 11.0. The summed E-state index contributed by atoms with van der Waals surface area (Å²) in [4.78, 5) is 11.0. The lowest BCUT2D eigenvalue weighted by Gasteiger charge is -2.09. The molecule has 58 valence electrons. The van der Waals surface area contributed by atoms with E-state index in [0.717, 1.165) is 12.0 Å². The van der Waals surface area contributed by atoms with Gasteiger partial charge < -0.3 is 0 Å². The lowest BCUT2D eigenvalue weighted by molar-refractivity contribution is -0.111. The van der Waals surface area contributed by atoms with Crippen molar-refractivity contribution in [2.45, 2.75) is 13.3 Å². The van der Waals surface area contributed by atoms with E-state index in [2.05, 4.69) is 6.58 Å². The van der Waals surface area contributed by atoms with E-state index >= 15 is 0 Å². The Morgan fingerprint density at radius 1 is 1.73 bits per heavy atom. The van der Waals surface area contributed by atoms with Crippen LogP contribution in [-0.4, -0.2) is 5.78 Å². The quantitative estimate of drug-likeness (QED) is 0.549. The molecule has 1 rings (SSSR count). The molecule has 0 bridgehead atoms. The van der Waals surface area contributed by atoms with Gasteiger partial charge in [0.05, 0.1) is 0 Å². The van der Waals surface area contributed by atoms with Gasteiger partial charge in [0, 0.05) is 0 Å². The molecule has 1 aliphatic rings. The van der Waals surface area contributed by atoms with E-state index in [1.165, 1.54) is 0 Å². The molecule has 0 N–H and O–H groups in total. The summed E-state index contributed by atoms with van der Waals surface area (Å²) in [6.07, 6.45) is 8.35. The van der Waals surface area contributed by atoms with Crippen molar-refractivity contribution in [2.24, 2.45) is 5.92 Å². The predicted molar refractivity (Wildman–Crippen MR) is 46.2 cm³/mol. The smallest absolute Gasteiger partial charge is 0.180 e. The summed E-state index contributed by atoms with van der Waals surface area (Å²) in [5.41, 5.74) is 0.847. The zero-order valence-electron chi connectivity index (χ0n) is 6.71. The molecule has 0 fully saturated rings. The second-order valence-corrected chi connectivity index (χ2v) is 2.76. The molecule has 1 heteroatoms. The van der Waals surface area contributed by atoms with E-state index in [0.29, 0.717) is 5.92 Å². The summed E-state index contributed by atoms with van der Waals surface area (Å²) >= 11 is 0. The van der Waals surface area contributed by atoms with Crippen molar-refractivity contribution in [2.75, 3.05) is 0 Å². The first-order valence-corrected chi connectivity index (χ1v) is 3.76. The van der Waals surface area contributed by atoms with Gasteiger partial charge in [-0.15, -0.1) is 6.58 Å². The molecule has 0 aliphatic heterocycles. The van der Waals surface area contributed by atoms with Gasteiger partial charge in [0.1, 0.15) is 0 Å². The minimum absolute atomic E-state index is 0.130. The highest BCUT2D eigenvalue weighted by Gasteiger charge is 2.09. The first-order valence-electron chi connectivity index (χ1n) is 3.76. The molecule has 0 heterocycles. The number of hydrogen-bond acceptors (Lipinski definition) is 1. The number of hydrogen-bond donors (Lipinski definition) is 0. The third kappa shape index (κ3) is 1.90. The van der Waals surface area contributed by atoms with Gasteiger partial charge in [0.2, 0.25) is 0 Å². The molecule has 1 atom stereocenters. The molecule has 0 amide bonds. The third-order valence-corrected chi connectivity index (χ3v) is 1.79. The van der Waals surface area contributed by atoms with Gasteiger partial charge in [0.15, 0.2) is 5.78 Å². The van der Waals surface area contributed by atoms with Crippen LogP contribution in [0.25, 0.3) is 0 Å². The number of ketones is 1. The lowest BCUT2D eigenvalue weighted by Crippen LogP contribution is -2.04. The molecule has 0 aromatic heterocycles. The molecule has 11 heavy (non-hydrogen) atoms. The van der Waals surface area contributed by atoms with Gasteiger partial charge in [-0.25, -0.2) is 0 Å². The molecule has 0 radical (unpaired) electrons. The monoisotopic (exact) mass is 148 g/mol. The summed E-state index contributed by atoms with van der Waals surface area (Å²) in [5.74, 6) is 0.510. The minimum atomic E-state index is 0.130. The summed E-state index contributed by atoms with van der Waals surface area (Å²) in [5, 5.41) is 0. The predicted octanol–water partition coefficient (Wildman–Crippen LogP) is 2.26. The average Bonchev–Trinajstić information content (AvgIpc) is 1.98. The van der Waals surface area contributed by atoms with Crippen molar-refractivity contribution >= 4 is 5.78 Å². The summed E-state index contributed by atoms with van der Waals surface area (Å²) in [6.45, 7) is 5.50. The van der Waals surface area contributed by atoms with Gasteiger partial charge in [-0.2, -0.15) is 0 Å². The molecule has 1 unspecified atom stereocenters. The van der Waals surface area contributed by atoms with Crippen molar-refractivity contribution < 1.29 is 4.79 Å². The van der Waals surface area contributed by atoms with Gasteiger partial charge in [-0.3, -0.25) is 4.79 Å². The van der Waals surface area contributed by atoms with E-state index in [9.17, 15) is 4.79 Å². The zero-order chi connectivity index (χ0) is 8.27. The Morgan fingerprint density at radius 2 is 2.45 bits per heavy atom. The fourth-order valence-corrected chi connectivity index (χ4v) is 1.14. The van der Waals surface area contributed by atoms with E-state index < -0.39 is 0 Å². The van der Waals surface area contributed by atoms with Crippen LogP contribution in [0.5, 0.6) is 0 Å². The lowest BCUT2D eigenvalue weighted by atomic mass is 9.95. The van der Waals surface area contributed by atoms with E-state index in [1.807, 2.05) is 25.2 Å². The summed E-state index contributed by atoms with van der Waals surface area (Å²) in [6, 6.07) is 0. The van der Waals surface area contributed by atoms with E-state index in [-0.39, 0.29) is 5.78 Å². The van der Waals surface area contributed by atoms with E-state index in [1.54, 1.807) is 6.08 Å². The zero-order valence-corrected chi connectivity index (χ0v) is 6.71. The van der Waals surface area contributed by atoms with Crippen LogP contribution in [0.3, 0.4) is 0 Å².